The zero-order chi connectivity index (χ0) is 16.1. The molecule has 0 fully saturated rings. The smallest absolute Gasteiger partial charge is 0.273 e. The fourth-order valence-electron chi connectivity index (χ4n) is 1.66. The molecule has 0 radical (unpaired) electrons. The second kappa shape index (κ2) is 7.33. The van der Waals surface area contributed by atoms with Crippen molar-refractivity contribution in [2.45, 2.75) is 0 Å². The minimum absolute atomic E-state index is 0.186. The molecule has 1 amide bonds. The van der Waals surface area contributed by atoms with Gasteiger partial charge in [0.15, 0.2) is 0 Å². The Morgan fingerprint density at radius 3 is 2.82 bits per heavy atom. The number of amides is 1. The van der Waals surface area contributed by atoms with Gasteiger partial charge in [-0.25, -0.2) is 4.39 Å². The molecular weight excluding hydrogens is 369 g/mol. The van der Waals surface area contributed by atoms with Crippen molar-refractivity contribution in [1.82, 2.24) is 0 Å². The highest BCUT2D eigenvalue weighted by Gasteiger charge is 2.11. The van der Waals surface area contributed by atoms with E-state index in [1.807, 2.05) is 17.5 Å². The summed E-state index contributed by atoms with van der Waals surface area (Å²) in [6.07, 6.45) is 1.51. The van der Waals surface area contributed by atoms with Crippen LogP contribution >= 0.6 is 27.3 Å². The zero-order valence-corrected chi connectivity index (χ0v) is 14.0. The van der Waals surface area contributed by atoms with Crippen molar-refractivity contribution in [2.24, 2.45) is 10.7 Å². The van der Waals surface area contributed by atoms with Crippen molar-refractivity contribution >= 4 is 50.3 Å². The largest absolute Gasteiger partial charge is 0.398 e. The van der Waals surface area contributed by atoms with Crippen LogP contribution in [0.4, 0.5) is 10.1 Å². The fraction of sp³-hybridized carbons (Fsp3) is 0.0667. The highest BCUT2D eigenvalue weighted by Crippen LogP contribution is 2.20. The fourth-order valence-corrected chi connectivity index (χ4v) is 2.70. The van der Waals surface area contributed by atoms with Crippen LogP contribution in [0.1, 0.15) is 4.88 Å². The molecule has 0 bridgehead atoms. The van der Waals surface area contributed by atoms with Crippen LogP contribution < -0.4 is 11.1 Å². The quantitative estimate of drug-likeness (QED) is 0.793. The van der Waals surface area contributed by atoms with Crippen molar-refractivity contribution in [2.75, 3.05) is 12.4 Å². The Morgan fingerprint density at radius 1 is 1.45 bits per heavy atom. The van der Waals surface area contributed by atoms with Crippen LogP contribution in [0.3, 0.4) is 0 Å². The van der Waals surface area contributed by atoms with E-state index in [1.54, 1.807) is 0 Å². The Morgan fingerprint density at radius 2 is 2.23 bits per heavy atom. The summed E-state index contributed by atoms with van der Waals surface area (Å²) in [6.45, 7) is 0. The molecule has 0 aliphatic heterocycles. The van der Waals surface area contributed by atoms with E-state index in [-0.39, 0.29) is 10.2 Å². The van der Waals surface area contributed by atoms with Crippen molar-refractivity contribution < 1.29 is 9.18 Å². The number of aliphatic imine (C=N–C) groups is 1. The molecule has 1 aromatic carbocycles. The first kappa shape index (κ1) is 16.4. The molecule has 3 N–H and O–H groups in total. The Bertz CT molecular complexity index is 741. The van der Waals surface area contributed by atoms with E-state index >= 15 is 0 Å². The van der Waals surface area contributed by atoms with Crippen LogP contribution in [0, 0.1) is 5.82 Å². The number of benzene rings is 1. The van der Waals surface area contributed by atoms with E-state index in [9.17, 15) is 9.18 Å². The summed E-state index contributed by atoms with van der Waals surface area (Å²) in [5.74, 6) is -0.815. The summed E-state index contributed by atoms with van der Waals surface area (Å²) < 4.78 is 13.5. The highest BCUT2D eigenvalue weighted by atomic mass is 79.9. The molecular formula is C15H13BrFN3OS. The first-order valence-electron chi connectivity index (χ1n) is 6.25. The highest BCUT2D eigenvalue weighted by molar-refractivity contribution is 9.10. The van der Waals surface area contributed by atoms with E-state index in [0.29, 0.717) is 11.4 Å². The monoisotopic (exact) mass is 381 g/mol. The van der Waals surface area contributed by atoms with E-state index in [0.717, 1.165) is 4.88 Å². The van der Waals surface area contributed by atoms with Crippen LogP contribution in [-0.2, 0) is 4.79 Å². The summed E-state index contributed by atoms with van der Waals surface area (Å²) in [6, 6.07) is 7.95. The van der Waals surface area contributed by atoms with Crippen LogP contribution in [-0.4, -0.2) is 18.7 Å². The maximum atomic E-state index is 13.2. The van der Waals surface area contributed by atoms with Gasteiger partial charge in [-0.3, -0.25) is 9.79 Å². The molecule has 2 rings (SSSR count). The summed E-state index contributed by atoms with van der Waals surface area (Å²) >= 11 is 4.54. The molecule has 0 aliphatic carbocycles. The van der Waals surface area contributed by atoms with Gasteiger partial charge in [0.25, 0.3) is 5.91 Å². The molecule has 1 heterocycles. The summed E-state index contributed by atoms with van der Waals surface area (Å²) in [5, 5.41) is 4.55. The molecule has 1 aromatic heterocycles. The number of hydrogen-bond acceptors (Lipinski definition) is 4. The molecule has 7 heteroatoms. The van der Waals surface area contributed by atoms with Gasteiger partial charge in [0.1, 0.15) is 11.5 Å². The van der Waals surface area contributed by atoms with Gasteiger partial charge in [0, 0.05) is 12.7 Å². The maximum Gasteiger partial charge on any atom is 0.273 e. The Hall–Kier alpha value is -1.99. The summed E-state index contributed by atoms with van der Waals surface area (Å²) in [5.41, 5.74) is 7.06. The van der Waals surface area contributed by atoms with Crippen molar-refractivity contribution in [3.63, 3.8) is 0 Å². The number of thiophene rings is 1. The molecule has 0 atom stereocenters. The number of nitrogens with zero attached hydrogens (tertiary/aromatic N) is 1. The average Bonchev–Trinajstić information content (AvgIpc) is 3.02. The van der Waals surface area contributed by atoms with Gasteiger partial charge in [0.05, 0.1) is 15.0 Å². The number of rotatable bonds is 4. The molecule has 0 saturated heterocycles. The minimum atomic E-state index is -0.416. The third-order valence-electron chi connectivity index (χ3n) is 2.75. The molecule has 0 aliphatic rings. The molecule has 2 aromatic rings. The standard InChI is InChI=1S/C15H13BrFN3OS/c1-19-13(8-12(18)14-3-2-6-22-14)15(21)20-9-4-5-11(17)10(16)7-9/h2-8H,18H2,1H3,(H,20,21)/b12-8-,19-13?. The number of carbonyl (C=O) groups excluding carboxylic acids is 1. The summed E-state index contributed by atoms with van der Waals surface area (Å²) in [4.78, 5) is 17.0. The van der Waals surface area contributed by atoms with Gasteiger partial charge >= 0.3 is 0 Å². The van der Waals surface area contributed by atoms with Crippen molar-refractivity contribution in [1.29, 1.82) is 0 Å². The van der Waals surface area contributed by atoms with E-state index < -0.39 is 11.7 Å². The Labute approximate surface area is 139 Å². The molecule has 0 saturated carbocycles. The summed E-state index contributed by atoms with van der Waals surface area (Å²) in [7, 11) is 1.51. The molecule has 0 unspecified atom stereocenters. The molecule has 4 nitrogen and oxygen atoms in total. The Balaban J connectivity index is 2.16. The second-order valence-corrected chi connectivity index (χ2v) is 6.07. The van der Waals surface area contributed by atoms with Gasteiger partial charge in [0.2, 0.25) is 0 Å². The van der Waals surface area contributed by atoms with Gasteiger partial charge in [-0.1, -0.05) is 6.07 Å². The van der Waals surface area contributed by atoms with Gasteiger partial charge < -0.3 is 11.1 Å². The third-order valence-corrected chi connectivity index (χ3v) is 4.28. The van der Waals surface area contributed by atoms with Crippen LogP contribution in [0.5, 0.6) is 0 Å². The normalized spacial score (nSPS) is 12.3. The maximum absolute atomic E-state index is 13.2. The van der Waals surface area contributed by atoms with Gasteiger partial charge in [-0.05, 0) is 51.7 Å². The lowest BCUT2D eigenvalue weighted by atomic mass is 10.2. The predicted molar refractivity (Wildman–Crippen MR) is 92.6 cm³/mol. The van der Waals surface area contributed by atoms with Crippen LogP contribution in [0.2, 0.25) is 0 Å². The van der Waals surface area contributed by atoms with E-state index in [1.165, 1.54) is 42.7 Å². The number of halogens is 2. The number of anilines is 1. The molecule has 114 valence electrons. The SMILES string of the molecule is CN=C(/C=C(\N)c1cccs1)C(=O)Nc1ccc(F)c(Br)c1. The zero-order valence-electron chi connectivity index (χ0n) is 11.6. The lowest BCUT2D eigenvalue weighted by Crippen LogP contribution is -2.22. The third kappa shape index (κ3) is 4.02. The number of nitrogens with one attached hydrogen (secondary N) is 1. The van der Waals surface area contributed by atoms with Crippen LogP contribution in [0.15, 0.2) is 51.3 Å². The number of carbonyl (C=O) groups is 1. The van der Waals surface area contributed by atoms with Crippen molar-refractivity contribution in [3.05, 3.63) is 57.0 Å². The lowest BCUT2D eigenvalue weighted by molar-refractivity contribution is -0.110. The topological polar surface area (TPSA) is 67.5 Å². The second-order valence-electron chi connectivity index (χ2n) is 4.27. The number of nitrogens with two attached hydrogens (primary N) is 1. The van der Waals surface area contributed by atoms with Gasteiger partial charge in [-0.2, -0.15) is 0 Å². The van der Waals surface area contributed by atoms with Crippen LogP contribution in [0.25, 0.3) is 5.70 Å². The lowest BCUT2D eigenvalue weighted by Gasteiger charge is -2.06. The number of hydrogen-bond donors (Lipinski definition) is 2. The predicted octanol–water partition coefficient (Wildman–Crippen LogP) is 3.66. The van der Waals surface area contributed by atoms with Gasteiger partial charge in [-0.15, -0.1) is 11.3 Å². The van der Waals surface area contributed by atoms with E-state index in [2.05, 4.69) is 26.2 Å². The molecule has 0 spiro atoms. The van der Waals surface area contributed by atoms with E-state index in [4.69, 9.17) is 5.73 Å². The van der Waals surface area contributed by atoms with Crippen molar-refractivity contribution in [3.8, 4) is 0 Å². The minimum Gasteiger partial charge on any atom is -0.398 e. The first-order valence-corrected chi connectivity index (χ1v) is 7.92. The molecule has 22 heavy (non-hydrogen) atoms. The average molecular weight is 382 g/mol. The Kier molecular flexibility index (Phi) is 5.46. The first-order chi connectivity index (χ1) is 10.5.